The van der Waals surface area contributed by atoms with E-state index >= 15 is 0 Å². The Morgan fingerprint density at radius 2 is 1.96 bits per heavy atom. The fourth-order valence-corrected chi connectivity index (χ4v) is 3.10. The summed E-state index contributed by atoms with van der Waals surface area (Å²) in [6.45, 7) is 0.295. The maximum atomic E-state index is 13.5. The molecule has 27 heavy (non-hydrogen) atoms. The van der Waals surface area contributed by atoms with Crippen LogP contribution in [0.4, 0.5) is 15.8 Å². The minimum atomic E-state index is -0.677. The van der Waals surface area contributed by atoms with Crippen molar-refractivity contribution in [2.24, 2.45) is 0 Å². The van der Waals surface area contributed by atoms with E-state index in [0.717, 1.165) is 6.42 Å². The van der Waals surface area contributed by atoms with Crippen LogP contribution in [-0.4, -0.2) is 30.8 Å². The average molecular weight is 390 g/mol. The van der Waals surface area contributed by atoms with Crippen molar-refractivity contribution in [1.82, 2.24) is 5.32 Å². The van der Waals surface area contributed by atoms with E-state index in [9.17, 15) is 18.8 Å². The molecular formula is C19H17ClFN3O3. The fourth-order valence-electron chi connectivity index (χ4n) is 2.81. The van der Waals surface area contributed by atoms with Crippen LogP contribution in [0.5, 0.6) is 0 Å². The summed E-state index contributed by atoms with van der Waals surface area (Å²) >= 11 is 6.23. The van der Waals surface area contributed by atoms with E-state index in [2.05, 4.69) is 10.6 Å². The van der Waals surface area contributed by atoms with Gasteiger partial charge in [0.05, 0.1) is 22.8 Å². The Morgan fingerprint density at radius 1 is 1.19 bits per heavy atom. The maximum Gasteiger partial charge on any atom is 0.254 e. The minimum absolute atomic E-state index is 0.0181. The van der Waals surface area contributed by atoms with Crippen molar-refractivity contribution < 1.29 is 18.8 Å². The van der Waals surface area contributed by atoms with Gasteiger partial charge in [0.15, 0.2) is 0 Å². The van der Waals surface area contributed by atoms with E-state index in [4.69, 9.17) is 11.6 Å². The first-order valence-corrected chi connectivity index (χ1v) is 8.76. The van der Waals surface area contributed by atoms with Crippen LogP contribution >= 0.6 is 11.6 Å². The van der Waals surface area contributed by atoms with Crippen molar-refractivity contribution in [1.29, 1.82) is 0 Å². The molecule has 0 unspecified atom stereocenters. The Balaban J connectivity index is 1.58. The first-order valence-electron chi connectivity index (χ1n) is 8.38. The zero-order chi connectivity index (χ0) is 19.4. The molecule has 1 heterocycles. The molecule has 0 aromatic heterocycles. The molecule has 1 aliphatic heterocycles. The molecule has 1 fully saturated rings. The largest absolute Gasteiger partial charge is 0.343 e. The predicted molar refractivity (Wildman–Crippen MR) is 100 cm³/mol. The first kappa shape index (κ1) is 18.8. The number of rotatable bonds is 5. The van der Waals surface area contributed by atoms with E-state index in [1.54, 1.807) is 23.1 Å². The summed E-state index contributed by atoms with van der Waals surface area (Å²) in [5.41, 5.74) is 0.901. The highest BCUT2D eigenvalue weighted by atomic mass is 35.5. The SMILES string of the molecule is O=C(CNC(=O)c1ccccc1F)Nc1ccc(N2CCCC2=O)c(Cl)c1. The minimum Gasteiger partial charge on any atom is -0.343 e. The van der Waals surface area contributed by atoms with Crippen molar-refractivity contribution in [3.63, 3.8) is 0 Å². The van der Waals surface area contributed by atoms with Crippen LogP contribution in [0, 0.1) is 5.82 Å². The van der Waals surface area contributed by atoms with Gasteiger partial charge in [-0.3, -0.25) is 14.4 Å². The van der Waals surface area contributed by atoms with Gasteiger partial charge in [-0.25, -0.2) is 4.39 Å². The van der Waals surface area contributed by atoms with E-state index in [0.29, 0.717) is 29.4 Å². The molecule has 1 aliphatic rings. The van der Waals surface area contributed by atoms with Crippen LogP contribution in [0.15, 0.2) is 42.5 Å². The molecule has 0 atom stereocenters. The van der Waals surface area contributed by atoms with Crippen molar-refractivity contribution in [3.8, 4) is 0 Å². The lowest BCUT2D eigenvalue weighted by Gasteiger charge is -2.18. The second-order valence-corrected chi connectivity index (χ2v) is 6.43. The third-order valence-electron chi connectivity index (χ3n) is 4.12. The normalized spacial score (nSPS) is 13.6. The van der Waals surface area contributed by atoms with Crippen LogP contribution in [0.25, 0.3) is 0 Å². The smallest absolute Gasteiger partial charge is 0.254 e. The number of carbonyl (C=O) groups is 3. The number of hydrogen-bond acceptors (Lipinski definition) is 3. The Kier molecular flexibility index (Phi) is 5.71. The Hall–Kier alpha value is -2.93. The number of anilines is 2. The molecule has 140 valence electrons. The summed E-state index contributed by atoms with van der Waals surface area (Å²) in [4.78, 5) is 37.3. The van der Waals surface area contributed by atoms with Gasteiger partial charge in [-0.2, -0.15) is 0 Å². The van der Waals surface area contributed by atoms with Gasteiger partial charge >= 0.3 is 0 Å². The van der Waals surface area contributed by atoms with Gasteiger partial charge in [-0.1, -0.05) is 23.7 Å². The quantitative estimate of drug-likeness (QED) is 0.825. The van der Waals surface area contributed by atoms with Gasteiger partial charge in [0.25, 0.3) is 5.91 Å². The third-order valence-corrected chi connectivity index (χ3v) is 4.43. The third kappa shape index (κ3) is 4.43. The molecule has 8 heteroatoms. The topological polar surface area (TPSA) is 78.5 Å². The highest BCUT2D eigenvalue weighted by molar-refractivity contribution is 6.34. The van der Waals surface area contributed by atoms with Crippen molar-refractivity contribution in [2.45, 2.75) is 12.8 Å². The molecule has 6 nitrogen and oxygen atoms in total. The molecule has 0 aliphatic carbocycles. The summed E-state index contributed by atoms with van der Waals surface area (Å²) < 4.78 is 13.5. The van der Waals surface area contributed by atoms with Gasteiger partial charge in [0.1, 0.15) is 5.82 Å². The second-order valence-electron chi connectivity index (χ2n) is 6.03. The van der Waals surface area contributed by atoms with Crippen molar-refractivity contribution in [2.75, 3.05) is 23.3 Å². The number of carbonyl (C=O) groups excluding carboxylic acids is 3. The Labute approximate surface area is 160 Å². The van der Waals surface area contributed by atoms with Crippen LogP contribution < -0.4 is 15.5 Å². The van der Waals surface area contributed by atoms with Gasteiger partial charge in [-0.05, 0) is 36.8 Å². The number of nitrogens with zero attached hydrogens (tertiary/aromatic N) is 1. The predicted octanol–water partition coefficient (Wildman–Crippen LogP) is 2.97. The molecule has 2 N–H and O–H groups in total. The number of nitrogens with one attached hydrogen (secondary N) is 2. The lowest BCUT2D eigenvalue weighted by atomic mass is 10.2. The Bertz CT molecular complexity index is 904. The number of hydrogen-bond donors (Lipinski definition) is 2. The summed E-state index contributed by atoms with van der Waals surface area (Å²) in [6, 6.07) is 10.3. The lowest BCUT2D eigenvalue weighted by Crippen LogP contribution is -2.33. The van der Waals surface area contributed by atoms with Gasteiger partial charge in [0.2, 0.25) is 11.8 Å². The van der Waals surface area contributed by atoms with E-state index < -0.39 is 17.6 Å². The van der Waals surface area contributed by atoms with Crippen LogP contribution in [-0.2, 0) is 9.59 Å². The summed E-state index contributed by atoms with van der Waals surface area (Å²) in [5.74, 6) is -1.80. The molecule has 1 saturated heterocycles. The summed E-state index contributed by atoms with van der Waals surface area (Å²) in [7, 11) is 0. The van der Waals surface area contributed by atoms with Crippen LogP contribution in [0.2, 0.25) is 5.02 Å². The van der Waals surface area contributed by atoms with E-state index in [-0.39, 0.29) is 18.0 Å². The Morgan fingerprint density at radius 3 is 2.63 bits per heavy atom. The average Bonchev–Trinajstić information content (AvgIpc) is 3.06. The molecular weight excluding hydrogens is 373 g/mol. The molecule has 3 amide bonds. The maximum absolute atomic E-state index is 13.5. The molecule has 0 bridgehead atoms. The monoisotopic (exact) mass is 389 g/mol. The van der Waals surface area contributed by atoms with Crippen LogP contribution in [0.3, 0.4) is 0 Å². The van der Waals surface area contributed by atoms with Crippen molar-refractivity contribution >= 4 is 40.7 Å². The highest BCUT2D eigenvalue weighted by Crippen LogP contribution is 2.31. The van der Waals surface area contributed by atoms with Gasteiger partial charge < -0.3 is 15.5 Å². The highest BCUT2D eigenvalue weighted by Gasteiger charge is 2.23. The van der Waals surface area contributed by atoms with Gasteiger partial charge in [-0.15, -0.1) is 0 Å². The molecule has 0 radical (unpaired) electrons. The van der Waals surface area contributed by atoms with Crippen LogP contribution in [0.1, 0.15) is 23.2 Å². The molecule has 3 rings (SSSR count). The van der Waals surface area contributed by atoms with Crippen molar-refractivity contribution in [3.05, 3.63) is 58.9 Å². The second kappa shape index (κ2) is 8.18. The number of amides is 3. The summed E-state index contributed by atoms with van der Waals surface area (Å²) in [6.07, 6.45) is 1.28. The molecule has 2 aromatic carbocycles. The van der Waals surface area contributed by atoms with Gasteiger partial charge in [0, 0.05) is 18.7 Å². The number of benzene rings is 2. The molecule has 0 spiro atoms. The van der Waals surface area contributed by atoms with E-state index in [1.165, 1.54) is 24.3 Å². The first-order chi connectivity index (χ1) is 13.0. The summed E-state index contributed by atoms with van der Waals surface area (Å²) in [5, 5.41) is 5.30. The standard InChI is InChI=1S/C19H17ClFN3O3/c20-14-10-12(7-8-16(14)24-9-3-6-18(24)26)23-17(25)11-22-19(27)13-4-1-2-5-15(13)21/h1-2,4-5,7-8,10H,3,6,9,11H2,(H,22,27)(H,23,25). The zero-order valence-corrected chi connectivity index (χ0v) is 15.1. The van der Waals surface area contributed by atoms with E-state index in [1.807, 2.05) is 0 Å². The molecule has 2 aromatic rings. The lowest BCUT2D eigenvalue weighted by molar-refractivity contribution is -0.117. The molecule has 0 saturated carbocycles. The fraction of sp³-hybridized carbons (Fsp3) is 0.211. The zero-order valence-electron chi connectivity index (χ0n) is 14.3. The number of halogens is 2.